The second-order valence-corrected chi connectivity index (χ2v) is 7.09. The van der Waals surface area contributed by atoms with E-state index in [4.69, 9.17) is 16.9 Å². The van der Waals surface area contributed by atoms with Crippen molar-refractivity contribution in [2.45, 2.75) is 31.6 Å². The molecule has 0 bridgehead atoms. The van der Waals surface area contributed by atoms with E-state index < -0.39 is 15.4 Å². The van der Waals surface area contributed by atoms with E-state index in [0.717, 1.165) is 0 Å². The van der Waals surface area contributed by atoms with E-state index in [1.807, 2.05) is 19.9 Å². The summed E-state index contributed by atoms with van der Waals surface area (Å²) in [5.74, 6) is 0. The molecule has 0 aliphatic carbocycles. The first-order valence-electron chi connectivity index (χ1n) is 6.64. The zero-order valence-corrected chi connectivity index (χ0v) is 13.6. The minimum atomic E-state index is -3.83. The van der Waals surface area contributed by atoms with Gasteiger partial charge in [-0.15, -0.1) is 0 Å². The highest BCUT2D eigenvalue weighted by molar-refractivity contribution is 7.89. The van der Waals surface area contributed by atoms with Crippen LogP contribution < -0.4 is 4.72 Å². The smallest absolute Gasteiger partial charge is 0.242 e. The van der Waals surface area contributed by atoms with Gasteiger partial charge in [0.1, 0.15) is 4.90 Å². The molecule has 0 saturated carbocycles. The van der Waals surface area contributed by atoms with Crippen LogP contribution in [0.15, 0.2) is 23.1 Å². The molecular weight excluding hydrogens is 312 g/mol. The molecule has 0 unspecified atom stereocenters. The van der Waals surface area contributed by atoms with Gasteiger partial charge in [-0.3, -0.25) is 0 Å². The number of benzene rings is 1. The van der Waals surface area contributed by atoms with E-state index in [2.05, 4.69) is 4.72 Å². The molecule has 0 atom stereocenters. The van der Waals surface area contributed by atoms with Crippen molar-refractivity contribution in [3.05, 3.63) is 28.8 Å². The van der Waals surface area contributed by atoms with Crippen LogP contribution >= 0.6 is 11.6 Å². The number of nitriles is 1. The van der Waals surface area contributed by atoms with E-state index in [1.54, 1.807) is 0 Å². The molecule has 0 spiro atoms. The molecule has 0 saturated heterocycles. The summed E-state index contributed by atoms with van der Waals surface area (Å²) in [4.78, 5) is -0.123. The van der Waals surface area contributed by atoms with Crippen molar-refractivity contribution in [3.8, 4) is 6.07 Å². The SMILES string of the molecule is CCC(CC)(CO)CNS(=O)(=O)c1cc(C#N)ccc1Cl. The zero-order valence-electron chi connectivity index (χ0n) is 12.1. The van der Waals surface area contributed by atoms with Crippen molar-refractivity contribution in [1.82, 2.24) is 4.72 Å². The fourth-order valence-corrected chi connectivity index (χ4v) is 3.57. The summed E-state index contributed by atoms with van der Waals surface area (Å²) in [5.41, 5.74) is -0.272. The van der Waals surface area contributed by atoms with E-state index in [1.165, 1.54) is 18.2 Å². The number of rotatable bonds is 7. The van der Waals surface area contributed by atoms with Gasteiger partial charge in [0.15, 0.2) is 0 Å². The van der Waals surface area contributed by atoms with Gasteiger partial charge in [0.25, 0.3) is 0 Å². The van der Waals surface area contributed by atoms with Crippen LogP contribution in [-0.4, -0.2) is 26.7 Å². The standard InChI is InChI=1S/C14H19ClN2O3S/c1-3-14(4-2,10-18)9-17-21(19,20)13-7-11(8-16)5-6-12(13)15/h5-7,17-18H,3-4,9-10H2,1-2H3. The van der Waals surface area contributed by atoms with Gasteiger partial charge in [-0.05, 0) is 31.0 Å². The van der Waals surface area contributed by atoms with Crippen LogP contribution in [0.25, 0.3) is 0 Å². The molecule has 21 heavy (non-hydrogen) atoms. The molecule has 0 radical (unpaired) electrons. The maximum atomic E-state index is 12.3. The third kappa shape index (κ3) is 4.17. The van der Waals surface area contributed by atoms with E-state index in [0.29, 0.717) is 12.8 Å². The fourth-order valence-electron chi connectivity index (χ4n) is 1.88. The third-order valence-electron chi connectivity index (χ3n) is 3.82. The van der Waals surface area contributed by atoms with Crippen LogP contribution in [0.5, 0.6) is 0 Å². The zero-order chi connectivity index (χ0) is 16.1. The van der Waals surface area contributed by atoms with Gasteiger partial charge < -0.3 is 5.11 Å². The molecule has 1 aromatic carbocycles. The quantitative estimate of drug-likeness (QED) is 0.802. The molecule has 1 aromatic rings. The van der Waals surface area contributed by atoms with Crippen molar-refractivity contribution in [2.24, 2.45) is 5.41 Å². The fraction of sp³-hybridized carbons (Fsp3) is 0.500. The highest BCUT2D eigenvalue weighted by Crippen LogP contribution is 2.27. The average Bonchev–Trinajstić information content (AvgIpc) is 2.49. The summed E-state index contributed by atoms with van der Waals surface area (Å²) in [5, 5.41) is 18.4. The Morgan fingerprint density at radius 1 is 1.38 bits per heavy atom. The molecule has 0 fully saturated rings. The van der Waals surface area contributed by atoms with Crippen LogP contribution in [0.3, 0.4) is 0 Å². The first-order chi connectivity index (χ1) is 9.84. The Labute approximate surface area is 130 Å². The molecule has 2 N–H and O–H groups in total. The number of sulfonamides is 1. The molecule has 5 nitrogen and oxygen atoms in total. The number of nitrogens with one attached hydrogen (secondary N) is 1. The summed E-state index contributed by atoms with van der Waals surface area (Å²) >= 11 is 5.91. The lowest BCUT2D eigenvalue weighted by Gasteiger charge is -2.29. The van der Waals surface area contributed by atoms with Crippen molar-refractivity contribution >= 4 is 21.6 Å². The number of hydrogen-bond donors (Lipinski definition) is 2. The van der Waals surface area contributed by atoms with Crippen LogP contribution in [0.2, 0.25) is 5.02 Å². The van der Waals surface area contributed by atoms with Crippen LogP contribution in [0, 0.1) is 16.7 Å². The average molecular weight is 331 g/mol. The Bertz CT molecular complexity index is 626. The Hall–Kier alpha value is -1.13. The van der Waals surface area contributed by atoms with E-state index in [-0.39, 0.29) is 28.6 Å². The monoisotopic (exact) mass is 330 g/mol. The molecule has 0 heterocycles. The summed E-state index contributed by atoms with van der Waals surface area (Å²) in [6.45, 7) is 3.81. The predicted octanol–water partition coefficient (Wildman–Crippen LogP) is 2.29. The van der Waals surface area contributed by atoms with Gasteiger partial charge in [-0.25, -0.2) is 13.1 Å². The summed E-state index contributed by atoms with van der Waals surface area (Å²) in [6.07, 6.45) is 1.29. The Morgan fingerprint density at radius 3 is 2.48 bits per heavy atom. The Kier molecular flexibility index (Phi) is 6.17. The second-order valence-electron chi connectivity index (χ2n) is 4.95. The molecule has 0 amide bonds. The molecule has 0 aliphatic rings. The van der Waals surface area contributed by atoms with Crippen LogP contribution in [0.1, 0.15) is 32.3 Å². The minimum absolute atomic E-state index is 0.0593. The lowest BCUT2D eigenvalue weighted by Crippen LogP contribution is -2.39. The van der Waals surface area contributed by atoms with Crippen molar-refractivity contribution in [2.75, 3.05) is 13.2 Å². The molecular formula is C14H19ClN2O3S. The highest BCUT2D eigenvalue weighted by Gasteiger charge is 2.28. The molecule has 0 aliphatic heterocycles. The number of hydrogen-bond acceptors (Lipinski definition) is 4. The van der Waals surface area contributed by atoms with Gasteiger partial charge in [0, 0.05) is 18.6 Å². The Morgan fingerprint density at radius 2 is 2.00 bits per heavy atom. The highest BCUT2D eigenvalue weighted by atomic mass is 35.5. The number of aliphatic hydroxyl groups is 1. The van der Waals surface area contributed by atoms with Crippen molar-refractivity contribution < 1.29 is 13.5 Å². The van der Waals surface area contributed by atoms with Gasteiger partial charge in [-0.1, -0.05) is 25.4 Å². The van der Waals surface area contributed by atoms with Crippen LogP contribution in [0.4, 0.5) is 0 Å². The molecule has 7 heteroatoms. The maximum Gasteiger partial charge on any atom is 0.242 e. The largest absolute Gasteiger partial charge is 0.396 e. The second kappa shape index (κ2) is 7.23. The molecule has 116 valence electrons. The van der Waals surface area contributed by atoms with Gasteiger partial charge in [0.2, 0.25) is 10.0 Å². The summed E-state index contributed by atoms with van der Waals surface area (Å²) < 4.78 is 27.1. The minimum Gasteiger partial charge on any atom is -0.396 e. The maximum absolute atomic E-state index is 12.3. The molecule has 1 rings (SSSR count). The number of nitrogens with zero attached hydrogens (tertiary/aromatic N) is 1. The van der Waals surface area contributed by atoms with E-state index >= 15 is 0 Å². The first kappa shape index (κ1) is 17.9. The predicted molar refractivity (Wildman–Crippen MR) is 81.5 cm³/mol. The molecule has 0 aromatic heterocycles. The Balaban J connectivity index is 3.05. The van der Waals surface area contributed by atoms with Gasteiger partial charge in [0.05, 0.1) is 16.7 Å². The summed E-state index contributed by atoms with van der Waals surface area (Å²) in [6, 6.07) is 5.96. The van der Waals surface area contributed by atoms with Crippen molar-refractivity contribution in [3.63, 3.8) is 0 Å². The van der Waals surface area contributed by atoms with Gasteiger partial charge >= 0.3 is 0 Å². The van der Waals surface area contributed by atoms with Crippen molar-refractivity contribution in [1.29, 1.82) is 5.26 Å². The number of halogens is 1. The summed E-state index contributed by atoms with van der Waals surface area (Å²) in [7, 11) is -3.83. The lowest BCUT2D eigenvalue weighted by atomic mass is 9.84. The van der Waals surface area contributed by atoms with Gasteiger partial charge in [-0.2, -0.15) is 5.26 Å². The normalized spacial score (nSPS) is 12.1. The van der Waals surface area contributed by atoms with E-state index in [9.17, 15) is 13.5 Å². The first-order valence-corrected chi connectivity index (χ1v) is 8.50. The topological polar surface area (TPSA) is 90.2 Å². The lowest BCUT2D eigenvalue weighted by molar-refractivity contribution is 0.119. The third-order valence-corrected chi connectivity index (χ3v) is 5.71. The number of aliphatic hydroxyl groups excluding tert-OH is 1. The van der Waals surface area contributed by atoms with Crippen LogP contribution in [-0.2, 0) is 10.0 Å².